The molecule has 3 unspecified atom stereocenters. The van der Waals surface area contributed by atoms with Gasteiger partial charge in [0.25, 0.3) is 0 Å². The molecule has 0 aromatic heterocycles. The van der Waals surface area contributed by atoms with Crippen molar-refractivity contribution < 1.29 is 14.6 Å². The minimum Gasteiger partial charge on any atom is -0.461 e. The molecule has 17 heavy (non-hydrogen) atoms. The van der Waals surface area contributed by atoms with Crippen molar-refractivity contribution in [3.05, 3.63) is 0 Å². The van der Waals surface area contributed by atoms with Crippen molar-refractivity contribution in [3.8, 4) is 0 Å². The molecule has 0 heterocycles. The van der Waals surface area contributed by atoms with Crippen LogP contribution in [0.1, 0.15) is 46.5 Å². The summed E-state index contributed by atoms with van der Waals surface area (Å²) in [5.74, 6) is 0.194. The van der Waals surface area contributed by atoms with Gasteiger partial charge in [0.15, 0.2) is 0 Å². The van der Waals surface area contributed by atoms with E-state index in [2.05, 4.69) is 20.8 Å². The van der Waals surface area contributed by atoms with Crippen molar-refractivity contribution in [2.45, 2.75) is 58.6 Å². The third-order valence-electron chi connectivity index (χ3n) is 3.37. The number of rotatable bonds is 4. The number of carbonyl (C=O) groups is 1. The first-order valence-electron chi connectivity index (χ1n) is 6.41. The number of aliphatic hydroxyl groups excluding tert-OH is 1. The van der Waals surface area contributed by atoms with Gasteiger partial charge in [-0.25, -0.2) is 0 Å². The van der Waals surface area contributed by atoms with Crippen LogP contribution >= 0.6 is 0 Å². The number of hydrogen-bond acceptors (Lipinski definition) is 4. The first-order valence-corrected chi connectivity index (χ1v) is 6.41. The highest BCUT2D eigenvalue weighted by Gasteiger charge is 2.34. The summed E-state index contributed by atoms with van der Waals surface area (Å²) in [6, 6.07) is -0.694. The maximum atomic E-state index is 11.7. The molecule has 0 spiro atoms. The first-order chi connectivity index (χ1) is 7.84. The van der Waals surface area contributed by atoms with Gasteiger partial charge in [-0.1, -0.05) is 20.8 Å². The molecule has 1 fully saturated rings. The highest BCUT2D eigenvalue weighted by Crippen LogP contribution is 2.39. The topological polar surface area (TPSA) is 72.5 Å². The molecule has 0 aliphatic heterocycles. The Morgan fingerprint density at radius 3 is 2.71 bits per heavy atom. The van der Waals surface area contributed by atoms with Gasteiger partial charge in [-0.2, -0.15) is 0 Å². The van der Waals surface area contributed by atoms with E-state index >= 15 is 0 Å². The van der Waals surface area contributed by atoms with E-state index in [-0.39, 0.29) is 30.5 Å². The zero-order valence-corrected chi connectivity index (χ0v) is 11.1. The zero-order valence-electron chi connectivity index (χ0n) is 11.1. The van der Waals surface area contributed by atoms with Crippen LogP contribution < -0.4 is 5.73 Å². The Morgan fingerprint density at radius 1 is 1.53 bits per heavy atom. The summed E-state index contributed by atoms with van der Waals surface area (Å²) in [7, 11) is 0. The van der Waals surface area contributed by atoms with E-state index in [1.807, 2.05) is 0 Å². The fraction of sp³-hybridized carbons (Fsp3) is 0.923. The van der Waals surface area contributed by atoms with Crippen molar-refractivity contribution in [2.24, 2.45) is 17.1 Å². The molecule has 0 amide bonds. The molecule has 0 saturated heterocycles. The maximum Gasteiger partial charge on any atom is 0.323 e. The highest BCUT2D eigenvalue weighted by molar-refractivity contribution is 5.75. The second kappa shape index (κ2) is 5.83. The first kappa shape index (κ1) is 14.5. The van der Waals surface area contributed by atoms with Gasteiger partial charge in [-0.3, -0.25) is 4.79 Å². The molecule has 0 aromatic rings. The minimum absolute atomic E-state index is 0.0222. The Bertz CT molecular complexity index is 265. The van der Waals surface area contributed by atoms with Crippen molar-refractivity contribution in [3.63, 3.8) is 0 Å². The zero-order chi connectivity index (χ0) is 13.1. The largest absolute Gasteiger partial charge is 0.461 e. The fourth-order valence-corrected chi connectivity index (χ4v) is 2.86. The van der Waals surface area contributed by atoms with Crippen molar-refractivity contribution in [1.82, 2.24) is 0 Å². The fourth-order valence-electron chi connectivity index (χ4n) is 2.86. The van der Waals surface area contributed by atoms with E-state index in [1.54, 1.807) is 0 Å². The van der Waals surface area contributed by atoms with Crippen LogP contribution in [0, 0.1) is 11.3 Å². The molecular weight excluding hydrogens is 218 g/mol. The van der Waals surface area contributed by atoms with Gasteiger partial charge in [0, 0.05) is 6.61 Å². The van der Waals surface area contributed by atoms with Crippen LogP contribution in [0.2, 0.25) is 0 Å². The van der Waals surface area contributed by atoms with Crippen LogP contribution in [0.25, 0.3) is 0 Å². The van der Waals surface area contributed by atoms with Crippen molar-refractivity contribution >= 4 is 5.97 Å². The summed E-state index contributed by atoms with van der Waals surface area (Å²) in [6.45, 7) is 6.52. The average Bonchev–Trinajstić information content (AvgIpc) is 2.14. The molecular formula is C13H25NO3. The Hall–Kier alpha value is -0.610. The molecule has 0 bridgehead atoms. The Morgan fingerprint density at radius 2 is 2.18 bits per heavy atom. The predicted octanol–water partition coefficient (Wildman–Crippen LogP) is 1.45. The second-order valence-corrected chi connectivity index (χ2v) is 6.09. The number of ether oxygens (including phenoxy) is 1. The van der Waals surface area contributed by atoms with E-state index in [0.29, 0.717) is 5.92 Å². The second-order valence-electron chi connectivity index (χ2n) is 6.09. The summed E-state index contributed by atoms with van der Waals surface area (Å²) < 4.78 is 5.44. The molecule has 0 radical (unpaired) electrons. The van der Waals surface area contributed by atoms with Gasteiger partial charge in [0.1, 0.15) is 12.1 Å². The number of carbonyl (C=O) groups excluding carboxylic acids is 1. The van der Waals surface area contributed by atoms with E-state index in [9.17, 15) is 4.79 Å². The van der Waals surface area contributed by atoms with E-state index in [0.717, 1.165) is 12.8 Å². The van der Waals surface area contributed by atoms with Gasteiger partial charge >= 0.3 is 5.97 Å². The standard InChI is InChI=1S/C13H25NO3/c1-9-6-10(8-13(2,3)7-9)17-12(16)11(14)4-5-15/h9-11,15H,4-8,14H2,1-3H3. The van der Waals surface area contributed by atoms with Gasteiger partial charge < -0.3 is 15.6 Å². The van der Waals surface area contributed by atoms with Crippen LogP contribution in [0.3, 0.4) is 0 Å². The molecule has 1 rings (SSSR count). The molecule has 3 N–H and O–H groups in total. The molecule has 1 aliphatic carbocycles. The summed E-state index contributed by atoms with van der Waals surface area (Å²) in [5.41, 5.74) is 5.84. The van der Waals surface area contributed by atoms with E-state index < -0.39 is 6.04 Å². The maximum absolute atomic E-state index is 11.7. The van der Waals surface area contributed by atoms with E-state index in [4.69, 9.17) is 15.6 Å². The van der Waals surface area contributed by atoms with Crippen LogP contribution in [0.15, 0.2) is 0 Å². The van der Waals surface area contributed by atoms with Crippen LogP contribution in [-0.4, -0.2) is 29.8 Å². The van der Waals surface area contributed by atoms with Crippen molar-refractivity contribution in [1.29, 1.82) is 0 Å². The lowest BCUT2D eigenvalue weighted by Gasteiger charge is -2.38. The molecule has 4 nitrogen and oxygen atoms in total. The Labute approximate surface area is 104 Å². The number of aliphatic hydroxyl groups is 1. The summed E-state index contributed by atoms with van der Waals surface area (Å²) in [5, 5.41) is 8.73. The van der Waals surface area contributed by atoms with Gasteiger partial charge in [0.05, 0.1) is 0 Å². The highest BCUT2D eigenvalue weighted by atomic mass is 16.5. The quantitative estimate of drug-likeness (QED) is 0.733. The normalized spacial score (nSPS) is 29.7. The third-order valence-corrected chi connectivity index (χ3v) is 3.37. The number of hydrogen-bond donors (Lipinski definition) is 2. The SMILES string of the molecule is CC1CC(OC(=O)C(N)CCO)CC(C)(C)C1. The lowest BCUT2D eigenvalue weighted by molar-refractivity contribution is -0.155. The molecule has 100 valence electrons. The number of esters is 1. The molecule has 3 atom stereocenters. The molecule has 4 heteroatoms. The Balaban J connectivity index is 2.48. The lowest BCUT2D eigenvalue weighted by Crippen LogP contribution is -2.39. The minimum atomic E-state index is -0.694. The average molecular weight is 243 g/mol. The third kappa shape index (κ3) is 4.64. The van der Waals surface area contributed by atoms with Crippen LogP contribution in [-0.2, 0) is 9.53 Å². The van der Waals surface area contributed by atoms with Gasteiger partial charge in [-0.05, 0) is 37.0 Å². The molecule has 0 aromatic carbocycles. The number of nitrogens with two attached hydrogens (primary N) is 1. The van der Waals surface area contributed by atoms with E-state index in [1.165, 1.54) is 6.42 Å². The monoisotopic (exact) mass is 243 g/mol. The van der Waals surface area contributed by atoms with Gasteiger partial charge in [-0.15, -0.1) is 0 Å². The van der Waals surface area contributed by atoms with Crippen molar-refractivity contribution in [2.75, 3.05) is 6.61 Å². The molecule has 1 aliphatic rings. The molecule has 1 saturated carbocycles. The van der Waals surface area contributed by atoms with Crippen LogP contribution in [0.4, 0.5) is 0 Å². The summed E-state index contributed by atoms with van der Waals surface area (Å²) in [6.07, 6.45) is 3.23. The lowest BCUT2D eigenvalue weighted by atomic mass is 9.71. The summed E-state index contributed by atoms with van der Waals surface area (Å²) >= 11 is 0. The van der Waals surface area contributed by atoms with Crippen LogP contribution in [0.5, 0.6) is 0 Å². The summed E-state index contributed by atoms with van der Waals surface area (Å²) in [4.78, 5) is 11.7. The Kier molecular flexibility index (Phi) is 4.95. The van der Waals surface area contributed by atoms with Gasteiger partial charge in [0.2, 0.25) is 0 Å². The predicted molar refractivity (Wildman–Crippen MR) is 66.4 cm³/mol. The smallest absolute Gasteiger partial charge is 0.323 e.